The highest BCUT2D eigenvalue weighted by Crippen LogP contribution is 2.22. The molecule has 0 radical (unpaired) electrons. The number of benzene rings is 1. The summed E-state index contributed by atoms with van der Waals surface area (Å²) in [6.07, 6.45) is 0.825. The zero-order valence-electron chi connectivity index (χ0n) is 12.9. The Morgan fingerprint density at radius 3 is 2.77 bits per heavy atom. The molecule has 1 aliphatic rings. The zero-order chi connectivity index (χ0) is 15.7. The number of hydrogen-bond donors (Lipinski definition) is 0. The first kappa shape index (κ1) is 15.4. The summed E-state index contributed by atoms with van der Waals surface area (Å²) >= 11 is 6.13. The smallest absolute Gasteiger partial charge is 0.135 e. The molecule has 118 valence electrons. The van der Waals surface area contributed by atoms with Crippen LogP contribution < -0.4 is 0 Å². The fourth-order valence-corrected chi connectivity index (χ4v) is 3.10. The number of halogens is 2. The lowest BCUT2D eigenvalue weighted by atomic mass is 10.2. The first-order valence-corrected chi connectivity index (χ1v) is 8.01. The molecule has 1 aliphatic heterocycles. The molecule has 0 saturated carbocycles. The Morgan fingerprint density at radius 2 is 2.05 bits per heavy atom. The van der Waals surface area contributed by atoms with Crippen LogP contribution in [0.5, 0.6) is 0 Å². The van der Waals surface area contributed by atoms with Gasteiger partial charge in [-0.2, -0.15) is 0 Å². The third-order valence-corrected chi connectivity index (χ3v) is 4.46. The van der Waals surface area contributed by atoms with Gasteiger partial charge in [-0.15, -0.1) is 10.2 Å². The molecule has 2 heterocycles. The summed E-state index contributed by atoms with van der Waals surface area (Å²) in [7, 11) is 0. The number of rotatable bonds is 3. The van der Waals surface area contributed by atoms with Gasteiger partial charge in [0.1, 0.15) is 17.5 Å². The van der Waals surface area contributed by atoms with Crippen molar-refractivity contribution in [3.63, 3.8) is 0 Å². The lowest BCUT2D eigenvalue weighted by Gasteiger charge is -2.20. The summed E-state index contributed by atoms with van der Waals surface area (Å²) in [6.45, 7) is 7.29. The second kappa shape index (κ2) is 6.34. The van der Waals surface area contributed by atoms with E-state index in [1.54, 1.807) is 12.1 Å². The van der Waals surface area contributed by atoms with E-state index in [4.69, 9.17) is 11.6 Å². The topological polar surface area (TPSA) is 34.0 Å². The van der Waals surface area contributed by atoms with Gasteiger partial charge in [0.2, 0.25) is 0 Å². The van der Waals surface area contributed by atoms with Gasteiger partial charge in [0.25, 0.3) is 0 Å². The van der Waals surface area contributed by atoms with E-state index < -0.39 is 0 Å². The van der Waals surface area contributed by atoms with Crippen molar-refractivity contribution in [3.05, 3.63) is 46.3 Å². The van der Waals surface area contributed by atoms with Gasteiger partial charge >= 0.3 is 0 Å². The fourth-order valence-electron chi connectivity index (χ4n) is 2.88. The Kier molecular flexibility index (Phi) is 4.45. The maximum atomic E-state index is 13.9. The number of aromatic nitrogens is 3. The van der Waals surface area contributed by atoms with Crippen molar-refractivity contribution in [2.24, 2.45) is 0 Å². The van der Waals surface area contributed by atoms with E-state index in [0.717, 1.165) is 37.7 Å². The Bertz CT molecular complexity index is 648. The molecule has 0 fully saturated rings. The van der Waals surface area contributed by atoms with Crippen LogP contribution in [0.4, 0.5) is 4.39 Å². The van der Waals surface area contributed by atoms with Crippen LogP contribution >= 0.6 is 11.6 Å². The Labute approximate surface area is 134 Å². The van der Waals surface area contributed by atoms with E-state index in [1.807, 2.05) is 0 Å². The third-order valence-electron chi connectivity index (χ3n) is 4.11. The van der Waals surface area contributed by atoms with Gasteiger partial charge in [-0.1, -0.05) is 31.5 Å². The van der Waals surface area contributed by atoms with Gasteiger partial charge in [0.15, 0.2) is 0 Å². The summed E-state index contributed by atoms with van der Waals surface area (Å²) in [5, 5.41) is 9.08. The molecule has 4 nitrogen and oxygen atoms in total. The molecule has 0 unspecified atom stereocenters. The molecule has 0 amide bonds. The second-order valence-electron chi connectivity index (χ2n) is 6.01. The maximum Gasteiger partial charge on any atom is 0.135 e. The molecule has 0 saturated heterocycles. The Morgan fingerprint density at radius 1 is 1.23 bits per heavy atom. The van der Waals surface area contributed by atoms with Gasteiger partial charge < -0.3 is 4.57 Å². The van der Waals surface area contributed by atoms with Crippen LogP contribution in [0.25, 0.3) is 0 Å². The lowest BCUT2D eigenvalue weighted by Crippen LogP contribution is -2.27. The van der Waals surface area contributed by atoms with Crippen LogP contribution in [-0.4, -0.2) is 32.8 Å². The molecule has 1 aromatic carbocycles. The minimum absolute atomic E-state index is 0.237. The molecular formula is C16H20ClFN4. The predicted octanol–water partition coefficient (Wildman–Crippen LogP) is 3.25. The number of nitrogens with zero attached hydrogens (tertiary/aromatic N) is 4. The molecule has 3 rings (SSSR count). The molecule has 1 aromatic heterocycles. The van der Waals surface area contributed by atoms with Crippen molar-refractivity contribution in [1.29, 1.82) is 0 Å². The van der Waals surface area contributed by atoms with Crippen LogP contribution in [0.1, 0.15) is 37.0 Å². The van der Waals surface area contributed by atoms with Gasteiger partial charge in [-0.25, -0.2) is 4.39 Å². The highest BCUT2D eigenvalue weighted by molar-refractivity contribution is 6.31. The SMILES string of the molecule is CC(C)c1nnc2n1CCN(Cc1c(F)cccc1Cl)CC2. The highest BCUT2D eigenvalue weighted by atomic mass is 35.5. The van der Waals surface area contributed by atoms with E-state index in [1.165, 1.54) is 6.07 Å². The van der Waals surface area contributed by atoms with Crippen LogP contribution in [0.2, 0.25) is 5.02 Å². The molecule has 0 spiro atoms. The van der Waals surface area contributed by atoms with Crippen molar-refractivity contribution in [3.8, 4) is 0 Å². The van der Waals surface area contributed by atoms with E-state index in [9.17, 15) is 4.39 Å². The quantitative estimate of drug-likeness (QED) is 0.870. The second-order valence-corrected chi connectivity index (χ2v) is 6.41. The first-order valence-electron chi connectivity index (χ1n) is 7.63. The summed E-state index contributed by atoms with van der Waals surface area (Å²) < 4.78 is 16.1. The van der Waals surface area contributed by atoms with E-state index in [0.29, 0.717) is 23.0 Å². The molecule has 0 bridgehead atoms. The van der Waals surface area contributed by atoms with Crippen molar-refractivity contribution in [2.75, 3.05) is 13.1 Å². The molecule has 0 atom stereocenters. The predicted molar refractivity (Wildman–Crippen MR) is 84.5 cm³/mol. The molecule has 0 N–H and O–H groups in total. The monoisotopic (exact) mass is 322 g/mol. The summed E-state index contributed by atoms with van der Waals surface area (Å²) in [4.78, 5) is 2.23. The van der Waals surface area contributed by atoms with Crippen molar-refractivity contribution < 1.29 is 4.39 Å². The van der Waals surface area contributed by atoms with Crippen molar-refractivity contribution in [2.45, 2.75) is 39.3 Å². The molecule has 2 aromatic rings. The first-order chi connectivity index (χ1) is 10.6. The normalized spacial score (nSPS) is 15.9. The largest absolute Gasteiger partial charge is 0.313 e. The fraction of sp³-hybridized carbons (Fsp3) is 0.500. The van der Waals surface area contributed by atoms with Gasteiger partial charge in [0, 0.05) is 49.1 Å². The Balaban J connectivity index is 1.75. The minimum Gasteiger partial charge on any atom is -0.313 e. The van der Waals surface area contributed by atoms with Crippen LogP contribution in [0, 0.1) is 5.82 Å². The van der Waals surface area contributed by atoms with Crippen LogP contribution in [-0.2, 0) is 19.5 Å². The van der Waals surface area contributed by atoms with Gasteiger partial charge in [-0.05, 0) is 12.1 Å². The number of hydrogen-bond acceptors (Lipinski definition) is 3. The van der Waals surface area contributed by atoms with Crippen molar-refractivity contribution in [1.82, 2.24) is 19.7 Å². The minimum atomic E-state index is -0.237. The average Bonchev–Trinajstić information content (AvgIpc) is 2.78. The zero-order valence-corrected chi connectivity index (χ0v) is 13.6. The molecule has 0 aliphatic carbocycles. The Hall–Kier alpha value is -1.46. The average molecular weight is 323 g/mol. The molecule has 6 heteroatoms. The molecule has 22 heavy (non-hydrogen) atoms. The van der Waals surface area contributed by atoms with E-state index in [2.05, 4.69) is 33.5 Å². The maximum absolute atomic E-state index is 13.9. The summed E-state index contributed by atoms with van der Waals surface area (Å²) in [5.74, 6) is 2.17. The van der Waals surface area contributed by atoms with Crippen LogP contribution in [0.3, 0.4) is 0 Å². The lowest BCUT2D eigenvalue weighted by molar-refractivity contribution is 0.266. The van der Waals surface area contributed by atoms with Gasteiger partial charge in [0.05, 0.1) is 0 Å². The summed E-state index contributed by atoms with van der Waals surface area (Å²) in [6, 6.07) is 4.84. The van der Waals surface area contributed by atoms with Crippen LogP contribution in [0.15, 0.2) is 18.2 Å². The van der Waals surface area contributed by atoms with E-state index >= 15 is 0 Å². The molecular weight excluding hydrogens is 303 g/mol. The standard InChI is InChI=1S/C16H20ClFN4/c1-11(2)16-20-19-15-6-7-21(8-9-22(15)16)10-12-13(17)4-3-5-14(12)18/h3-5,11H,6-10H2,1-2H3. The highest BCUT2D eigenvalue weighted by Gasteiger charge is 2.21. The van der Waals surface area contributed by atoms with E-state index in [-0.39, 0.29) is 5.82 Å². The van der Waals surface area contributed by atoms with Gasteiger partial charge in [-0.3, -0.25) is 4.90 Å². The summed E-state index contributed by atoms with van der Waals surface area (Å²) in [5.41, 5.74) is 0.575. The van der Waals surface area contributed by atoms with Crippen molar-refractivity contribution >= 4 is 11.6 Å². The number of fused-ring (bicyclic) bond motifs is 1. The third kappa shape index (κ3) is 3.01.